The van der Waals surface area contributed by atoms with E-state index in [0.717, 1.165) is 31.1 Å². The third-order valence-corrected chi connectivity index (χ3v) is 6.02. The van der Waals surface area contributed by atoms with E-state index in [2.05, 4.69) is 39.9 Å². The van der Waals surface area contributed by atoms with Gasteiger partial charge in [0.05, 0.1) is 7.11 Å². The number of allylic oxidation sites excluding steroid dienone is 1. The van der Waals surface area contributed by atoms with Crippen molar-refractivity contribution in [2.24, 2.45) is 5.73 Å². The van der Waals surface area contributed by atoms with Gasteiger partial charge in [-0.05, 0) is 54.0 Å². The molecule has 27 heavy (non-hydrogen) atoms. The number of thioether (sulfide) groups is 1. The molecule has 0 aliphatic carbocycles. The summed E-state index contributed by atoms with van der Waals surface area (Å²) in [5, 5.41) is 5.54. The molecule has 0 spiro atoms. The Morgan fingerprint density at radius 3 is 2.59 bits per heavy atom. The summed E-state index contributed by atoms with van der Waals surface area (Å²) in [6.07, 6.45) is 5.43. The van der Waals surface area contributed by atoms with Crippen LogP contribution in [0.15, 0.2) is 53.7 Å². The van der Waals surface area contributed by atoms with Crippen molar-refractivity contribution >= 4 is 17.6 Å². The lowest BCUT2D eigenvalue weighted by atomic mass is 9.90. The lowest BCUT2D eigenvalue weighted by Gasteiger charge is -2.21. The van der Waals surface area contributed by atoms with E-state index < -0.39 is 0 Å². The first-order chi connectivity index (χ1) is 13.2. The van der Waals surface area contributed by atoms with Crippen LogP contribution in [0.4, 0.5) is 5.82 Å². The Balaban J connectivity index is 1.55. The van der Waals surface area contributed by atoms with Gasteiger partial charge in [-0.15, -0.1) is 0 Å². The SMILES string of the molecule is COc1ccc(C(Cc2ccc(N3CCCC3)nc2)C2=CSC(N)N2)cc1. The average molecular weight is 383 g/mol. The van der Waals surface area contributed by atoms with Gasteiger partial charge in [-0.2, -0.15) is 0 Å². The molecule has 2 atom stereocenters. The van der Waals surface area contributed by atoms with E-state index in [1.54, 1.807) is 18.9 Å². The van der Waals surface area contributed by atoms with Gasteiger partial charge in [-0.3, -0.25) is 0 Å². The molecule has 3 heterocycles. The van der Waals surface area contributed by atoms with Crippen molar-refractivity contribution in [2.75, 3.05) is 25.1 Å². The normalized spacial score (nSPS) is 20.3. The first kappa shape index (κ1) is 18.2. The van der Waals surface area contributed by atoms with Crippen molar-refractivity contribution in [3.63, 3.8) is 0 Å². The highest BCUT2D eigenvalue weighted by molar-refractivity contribution is 8.02. The van der Waals surface area contributed by atoms with E-state index in [4.69, 9.17) is 15.5 Å². The zero-order valence-electron chi connectivity index (χ0n) is 15.6. The van der Waals surface area contributed by atoms with Gasteiger partial charge in [0, 0.05) is 30.9 Å². The number of ether oxygens (including phenoxy) is 1. The van der Waals surface area contributed by atoms with Gasteiger partial charge < -0.3 is 20.7 Å². The Morgan fingerprint density at radius 1 is 1.22 bits per heavy atom. The summed E-state index contributed by atoms with van der Waals surface area (Å²) in [7, 11) is 1.69. The van der Waals surface area contributed by atoms with Gasteiger partial charge in [-0.1, -0.05) is 30.0 Å². The molecule has 2 aromatic rings. The second-order valence-electron chi connectivity index (χ2n) is 7.02. The maximum Gasteiger partial charge on any atom is 0.128 e. The van der Waals surface area contributed by atoms with Crippen molar-refractivity contribution in [2.45, 2.75) is 30.7 Å². The fourth-order valence-electron chi connectivity index (χ4n) is 3.71. The zero-order chi connectivity index (χ0) is 18.6. The Bertz CT molecular complexity index is 785. The Labute approximate surface area is 165 Å². The summed E-state index contributed by atoms with van der Waals surface area (Å²) in [6.45, 7) is 2.24. The summed E-state index contributed by atoms with van der Waals surface area (Å²) >= 11 is 1.62. The summed E-state index contributed by atoms with van der Waals surface area (Å²) in [5.74, 6) is 2.18. The minimum Gasteiger partial charge on any atom is -0.497 e. The van der Waals surface area contributed by atoms with Crippen LogP contribution >= 0.6 is 11.8 Å². The van der Waals surface area contributed by atoms with Gasteiger partial charge >= 0.3 is 0 Å². The maximum absolute atomic E-state index is 6.03. The van der Waals surface area contributed by atoms with Gasteiger partial charge in [0.2, 0.25) is 0 Å². The van der Waals surface area contributed by atoms with Crippen LogP contribution in [0.1, 0.15) is 29.9 Å². The first-order valence-corrected chi connectivity index (χ1v) is 10.4. The average Bonchev–Trinajstić information content (AvgIpc) is 3.39. The van der Waals surface area contributed by atoms with Crippen LogP contribution in [0.25, 0.3) is 0 Å². The van der Waals surface area contributed by atoms with E-state index in [1.165, 1.54) is 29.7 Å². The smallest absolute Gasteiger partial charge is 0.128 e. The highest BCUT2D eigenvalue weighted by Gasteiger charge is 2.23. The second kappa shape index (κ2) is 8.23. The predicted molar refractivity (Wildman–Crippen MR) is 112 cm³/mol. The summed E-state index contributed by atoms with van der Waals surface area (Å²) in [4.78, 5) is 7.08. The van der Waals surface area contributed by atoms with Gasteiger partial charge in [0.15, 0.2) is 0 Å². The third-order valence-electron chi connectivity index (χ3n) is 5.22. The van der Waals surface area contributed by atoms with E-state index in [-0.39, 0.29) is 11.4 Å². The van der Waals surface area contributed by atoms with E-state index in [9.17, 15) is 0 Å². The first-order valence-electron chi connectivity index (χ1n) is 9.44. The highest BCUT2D eigenvalue weighted by Crippen LogP contribution is 2.33. The quantitative estimate of drug-likeness (QED) is 0.798. The number of methoxy groups -OCH3 is 1. The van der Waals surface area contributed by atoms with Crippen LogP contribution in [-0.4, -0.2) is 30.7 Å². The fraction of sp³-hybridized carbons (Fsp3) is 0.381. The Kier molecular flexibility index (Phi) is 5.55. The van der Waals surface area contributed by atoms with E-state index in [0.29, 0.717) is 0 Å². The van der Waals surface area contributed by atoms with E-state index in [1.807, 2.05) is 18.3 Å². The molecule has 0 amide bonds. The number of rotatable bonds is 6. The second-order valence-corrected chi connectivity index (χ2v) is 8.04. The molecule has 142 valence electrons. The number of nitrogens with zero attached hydrogens (tertiary/aromatic N) is 2. The number of hydrogen-bond acceptors (Lipinski definition) is 6. The van der Waals surface area contributed by atoms with Crippen molar-refractivity contribution < 1.29 is 4.74 Å². The predicted octanol–water partition coefficient (Wildman–Crippen LogP) is 3.44. The number of nitrogens with two attached hydrogens (primary N) is 1. The van der Waals surface area contributed by atoms with Crippen LogP contribution < -0.4 is 20.7 Å². The molecule has 1 aromatic carbocycles. The third kappa shape index (κ3) is 4.22. The zero-order valence-corrected chi connectivity index (χ0v) is 16.4. The monoisotopic (exact) mass is 382 g/mol. The molecule has 4 rings (SSSR count). The largest absolute Gasteiger partial charge is 0.497 e. The molecule has 2 aliphatic rings. The molecule has 3 N–H and O–H groups in total. The van der Waals surface area contributed by atoms with E-state index >= 15 is 0 Å². The number of hydrogen-bond donors (Lipinski definition) is 2. The number of nitrogens with one attached hydrogen (secondary N) is 1. The molecular formula is C21H26N4OS. The minimum atomic E-state index is -0.0728. The van der Waals surface area contributed by atoms with Gasteiger partial charge in [-0.25, -0.2) is 4.98 Å². The van der Waals surface area contributed by atoms with Crippen molar-refractivity contribution in [1.82, 2.24) is 10.3 Å². The number of pyridine rings is 1. The van der Waals surface area contributed by atoms with Crippen molar-refractivity contribution in [3.8, 4) is 5.75 Å². The molecular weight excluding hydrogens is 356 g/mol. The molecule has 2 unspecified atom stereocenters. The van der Waals surface area contributed by atoms with Gasteiger partial charge in [0.25, 0.3) is 0 Å². The van der Waals surface area contributed by atoms with Crippen LogP contribution in [-0.2, 0) is 6.42 Å². The number of aromatic nitrogens is 1. The lowest BCUT2D eigenvalue weighted by Crippen LogP contribution is -2.31. The van der Waals surface area contributed by atoms with Crippen molar-refractivity contribution in [1.29, 1.82) is 0 Å². The lowest BCUT2D eigenvalue weighted by molar-refractivity contribution is 0.414. The van der Waals surface area contributed by atoms with Crippen LogP contribution in [0, 0.1) is 0 Å². The maximum atomic E-state index is 6.03. The topological polar surface area (TPSA) is 63.4 Å². The van der Waals surface area contributed by atoms with Crippen LogP contribution in [0.5, 0.6) is 5.75 Å². The molecule has 1 saturated heterocycles. The Hall–Kier alpha value is -2.18. The molecule has 0 saturated carbocycles. The Morgan fingerprint density at radius 2 is 2.00 bits per heavy atom. The molecule has 0 radical (unpaired) electrons. The fourth-order valence-corrected chi connectivity index (χ4v) is 4.44. The van der Waals surface area contributed by atoms with Crippen molar-refractivity contribution in [3.05, 3.63) is 64.8 Å². The van der Waals surface area contributed by atoms with Gasteiger partial charge in [0.1, 0.15) is 17.1 Å². The molecule has 5 nitrogen and oxygen atoms in total. The standard InChI is InChI=1S/C21H26N4OS/c1-26-17-7-5-16(6-8-17)18(19-14-27-21(22)24-19)12-15-4-9-20(23-13-15)25-10-2-3-11-25/h4-9,13-14,18,21,24H,2-3,10-12,22H2,1H3. The molecule has 1 fully saturated rings. The number of benzene rings is 1. The van der Waals surface area contributed by atoms with Crippen LogP contribution in [0.2, 0.25) is 0 Å². The summed E-state index contributed by atoms with van der Waals surface area (Å²) in [5.41, 5.74) is 9.60. The summed E-state index contributed by atoms with van der Waals surface area (Å²) < 4.78 is 5.30. The molecule has 1 aromatic heterocycles. The minimum absolute atomic E-state index is 0.0728. The summed E-state index contributed by atoms with van der Waals surface area (Å²) in [6, 6.07) is 12.7. The van der Waals surface area contributed by atoms with Crippen LogP contribution in [0.3, 0.4) is 0 Å². The highest BCUT2D eigenvalue weighted by atomic mass is 32.2. The number of anilines is 1. The molecule has 0 bridgehead atoms. The molecule has 2 aliphatic heterocycles. The molecule has 6 heteroatoms.